The van der Waals surface area contributed by atoms with Crippen LogP contribution in [0.1, 0.15) is 16.7 Å². The number of nitrogens with zero attached hydrogens (tertiary/aromatic N) is 1. The average Bonchev–Trinajstić information content (AvgIpc) is 2.70. The van der Waals surface area contributed by atoms with Crippen LogP contribution in [0.5, 0.6) is 5.75 Å². The van der Waals surface area contributed by atoms with Gasteiger partial charge in [-0.2, -0.15) is 5.10 Å². The van der Waals surface area contributed by atoms with Crippen LogP contribution in [0.2, 0.25) is 5.02 Å². The van der Waals surface area contributed by atoms with Crippen molar-refractivity contribution < 1.29 is 13.9 Å². The summed E-state index contributed by atoms with van der Waals surface area (Å²) in [6.45, 7) is 0.441. The molecule has 0 heterocycles. The minimum absolute atomic E-state index is 0.129. The zero-order chi connectivity index (χ0) is 21.5. The van der Waals surface area contributed by atoms with E-state index in [1.165, 1.54) is 12.1 Å². The van der Waals surface area contributed by atoms with E-state index in [1.807, 2.05) is 36.4 Å². The molecule has 3 rings (SSSR count). The number of halogens is 4. The van der Waals surface area contributed by atoms with E-state index in [9.17, 15) is 9.18 Å². The van der Waals surface area contributed by atoms with Gasteiger partial charge in [-0.3, -0.25) is 4.79 Å². The first-order valence-corrected chi connectivity index (χ1v) is 11.4. The Kier molecular flexibility index (Phi) is 8.46. The van der Waals surface area contributed by atoms with Gasteiger partial charge in [-0.05, 0) is 98.3 Å². The molecule has 1 amide bonds. The Morgan fingerprint density at radius 3 is 2.27 bits per heavy atom. The third kappa shape index (κ3) is 6.92. The van der Waals surface area contributed by atoms with Gasteiger partial charge in [0.15, 0.2) is 0 Å². The number of nitrogens with one attached hydrogen (secondary N) is 1. The van der Waals surface area contributed by atoms with Gasteiger partial charge in [-0.25, -0.2) is 9.82 Å². The Bertz CT molecular complexity index is 1030. The summed E-state index contributed by atoms with van der Waals surface area (Å²) in [4.78, 5) is 12.0. The monoisotopic (exact) mass is 648 g/mol. The topological polar surface area (TPSA) is 50.7 Å². The fourth-order valence-corrected chi connectivity index (χ4v) is 4.79. The minimum atomic E-state index is -0.332. The summed E-state index contributed by atoms with van der Waals surface area (Å²) >= 11 is 10.3. The zero-order valence-electron chi connectivity index (χ0n) is 15.5. The normalized spacial score (nSPS) is 10.9. The van der Waals surface area contributed by atoms with E-state index in [1.54, 1.807) is 18.3 Å². The van der Waals surface area contributed by atoms with Gasteiger partial charge >= 0.3 is 0 Å². The fraction of sp³-hybridized carbons (Fsp3) is 0.0909. The quantitative estimate of drug-likeness (QED) is 0.195. The van der Waals surface area contributed by atoms with Crippen LogP contribution in [-0.4, -0.2) is 12.1 Å². The predicted octanol–water partition coefficient (Wildman–Crippen LogP) is 5.96. The third-order valence-electron chi connectivity index (χ3n) is 4.00. The lowest BCUT2D eigenvalue weighted by atomic mass is 10.1. The molecule has 0 aliphatic rings. The molecule has 8 heteroatoms. The number of hydrazone groups is 1. The number of ether oxygens (including phenoxy) is 1. The van der Waals surface area contributed by atoms with Crippen molar-refractivity contribution >= 4 is 68.9 Å². The van der Waals surface area contributed by atoms with Crippen LogP contribution >= 0.6 is 56.8 Å². The lowest BCUT2D eigenvalue weighted by molar-refractivity contribution is -0.120. The molecular formula is C22H16ClFI2N2O2. The summed E-state index contributed by atoms with van der Waals surface area (Å²) in [7, 11) is 0. The summed E-state index contributed by atoms with van der Waals surface area (Å²) < 4.78 is 20.8. The highest BCUT2D eigenvalue weighted by Crippen LogP contribution is 2.29. The molecule has 3 aromatic rings. The van der Waals surface area contributed by atoms with Crippen molar-refractivity contribution in [1.82, 2.24) is 5.43 Å². The molecule has 0 saturated carbocycles. The van der Waals surface area contributed by atoms with Gasteiger partial charge in [0.25, 0.3) is 0 Å². The second-order valence-electron chi connectivity index (χ2n) is 6.33. The SMILES string of the molecule is O=C(Cc1ccc(F)cc1)N/N=C/c1cc(I)c(OCc2ccc(Cl)cc2)c(I)c1. The lowest BCUT2D eigenvalue weighted by Gasteiger charge is -2.11. The van der Waals surface area contributed by atoms with Crippen molar-refractivity contribution in [3.8, 4) is 5.75 Å². The maximum Gasteiger partial charge on any atom is 0.244 e. The molecule has 0 aliphatic heterocycles. The van der Waals surface area contributed by atoms with Gasteiger partial charge in [0.1, 0.15) is 18.2 Å². The maximum absolute atomic E-state index is 12.9. The Morgan fingerprint density at radius 2 is 1.63 bits per heavy atom. The van der Waals surface area contributed by atoms with Crippen molar-refractivity contribution in [1.29, 1.82) is 0 Å². The number of benzene rings is 3. The average molecular weight is 649 g/mol. The van der Waals surface area contributed by atoms with E-state index in [0.717, 1.165) is 29.6 Å². The fourth-order valence-electron chi connectivity index (χ4n) is 2.53. The largest absolute Gasteiger partial charge is 0.487 e. The molecule has 0 aliphatic carbocycles. The Morgan fingerprint density at radius 1 is 1.03 bits per heavy atom. The van der Waals surface area contributed by atoms with Gasteiger partial charge in [-0.1, -0.05) is 35.9 Å². The first-order chi connectivity index (χ1) is 14.4. The molecule has 0 spiro atoms. The molecule has 0 radical (unpaired) electrons. The number of rotatable bonds is 7. The summed E-state index contributed by atoms with van der Waals surface area (Å²) in [5.74, 6) is 0.191. The molecule has 3 aromatic carbocycles. The first-order valence-electron chi connectivity index (χ1n) is 8.83. The van der Waals surface area contributed by atoms with Crippen LogP contribution in [0.3, 0.4) is 0 Å². The Labute approximate surface area is 206 Å². The third-order valence-corrected chi connectivity index (χ3v) is 5.85. The van der Waals surface area contributed by atoms with Gasteiger partial charge in [0, 0.05) is 5.02 Å². The Balaban J connectivity index is 1.57. The molecule has 0 saturated heterocycles. The Hall–Kier alpha value is -1.72. The summed E-state index contributed by atoms with van der Waals surface area (Å²) in [5.41, 5.74) is 5.07. The standard InChI is InChI=1S/C22H16ClFI2N2O2/c23-17-5-1-15(2-6-17)13-30-22-19(25)9-16(10-20(22)26)12-27-28-21(29)11-14-3-7-18(24)8-4-14/h1-10,12H,11,13H2,(H,28,29)/b27-12+. The number of hydrogen-bond acceptors (Lipinski definition) is 3. The van der Waals surface area contributed by atoms with Crippen LogP contribution in [0.4, 0.5) is 4.39 Å². The number of carbonyl (C=O) groups excluding carboxylic acids is 1. The van der Waals surface area contributed by atoms with Gasteiger partial charge in [0.2, 0.25) is 5.91 Å². The molecule has 0 fully saturated rings. The highest BCUT2D eigenvalue weighted by Gasteiger charge is 2.09. The highest BCUT2D eigenvalue weighted by molar-refractivity contribution is 14.1. The van der Waals surface area contributed by atoms with Crippen molar-refractivity contribution in [2.45, 2.75) is 13.0 Å². The summed E-state index contributed by atoms with van der Waals surface area (Å²) in [6, 6.07) is 17.2. The van der Waals surface area contributed by atoms with Crippen molar-refractivity contribution in [3.63, 3.8) is 0 Å². The van der Waals surface area contributed by atoms with E-state index >= 15 is 0 Å². The van der Waals surface area contributed by atoms with Crippen molar-refractivity contribution in [2.75, 3.05) is 0 Å². The summed E-state index contributed by atoms with van der Waals surface area (Å²) in [5, 5.41) is 4.70. The molecule has 1 N–H and O–H groups in total. The smallest absolute Gasteiger partial charge is 0.244 e. The molecule has 154 valence electrons. The van der Waals surface area contributed by atoms with Crippen LogP contribution in [0.15, 0.2) is 65.8 Å². The highest BCUT2D eigenvalue weighted by atomic mass is 127. The van der Waals surface area contributed by atoms with Gasteiger partial charge in [-0.15, -0.1) is 0 Å². The first kappa shape index (κ1) is 23.0. The van der Waals surface area contributed by atoms with E-state index in [-0.39, 0.29) is 18.1 Å². The minimum Gasteiger partial charge on any atom is -0.487 e. The molecule has 4 nitrogen and oxygen atoms in total. The second-order valence-corrected chi connectivity index (χ2v) is 9.09. The van der Waals surface area contributed by atoms with E-state index < -0.39 is 0 Å². The van der Waals surface area contributed by atoms with E-state index in [2.05, 4.69) is 55.7 Å². The number of hydrogen-bond donors (Lipinski definition) is 1. The second kappa shape index (κ2) is 11.1. The van der Waals surface area contributed by atoms with Crippen LogP contribution < -0.4 is 10.2 Å². The molecule has 0 unspecified atom stereocenters. The van der Waals surface area contributed by atoms with Crippen LogP contribution in [-0.2, 0) is 17.8 Å². The van der Waals surface area contributed by atoms with Crippen molar-refractivity contribution in [2.24, 2.45) is 5.10 Å². The maximum atomic E-state index is 12.9. The predicted molar refractivity (Wildman–Crippen MR) is 134 cm³/mol. The van der Waals surface area contributed by atoms with Gasteiger partial charge in [0.05, 0.1) is 19.8 Å². The zero-order valence-corrected chi connectivity index (χ0v) is 20.6. The van der Waals surface area contributed by atoms with Crippen molar-refractivity contribution in [3.05, 3.63) is 95.3 Å². The van der Waals surface area contributed by atoms with E-state index in [4.69, 9.17) is 16.3 Å². The molecule has 0 aromatic heterocycles. The molecule has 0 atom stereocenters. The molecular weight excluding hydrogens is 633 g/mol. The van der Waals surface area contributed by atoms with Crippen LogP contribution in [0, 0.1) is 13.0 Å². The summed E-state index contributed by atoms with van der Waals surface area (Å²) in [6.07, 6.45) is 1.71. The lowest BCUT2D eigenvalue weighted by Crippen LogP contribution is -2.19. The number of amides is 1. The molecule has 30 heavy (non-hydrogen) atoms. The van der Waals surface area contributed by atoms with Crippen LogP contribution in [0.25, 0.3) is 0 Å². The number of carbonyl (C=O) groups is 1. The molecule has 0 bridgehead atoms. The van der Waals surface area contributed by atoms with E-state index in [0.29, 0.717) is 11.6 Å². The van der Waals surface area contributed by atoms with Gasteiger partial charge < -0.3 is 4.74 Å².